The Morgan fingerprint density at radius 1 is 0.968 bits per heavy atom. The Hall–Kier alpha value is -2.57. The lowest BCUT2D eigenvalue weighted by Crippen LogP contribution is -2.47. The van der Waals surface area contributed by atoms with Crippen LogP contribution in [0.4, 0.5) is 0 Å². The summed E-state index contributed by atoms with van der Waals surface area (Å²) in [4.78, 5) is 17.5. The number of piperazine rings is 1. The first-order chi connectivity index (χ1) is 15.2. The molecular formula is C25H35N3O3. The van der Waals surface area contributed by atoms with Crippen molar-refractivity contribution in [1.82, 2.24) is 15.1 Å². The van der Waals surface area contributed by atoms with Gasteiger partial charge in [-0.25, -0.2) is 0 Å². The fourth-order valence-corrected chi connectivity index (χ4v) is 3.73. The minimum atomic E-state index is -0.00305. The highest BCUT2D eigenvalue weighted by Gasteiger charge is 2.21. The van der Waals surface area contributed by atoms with Crippen molar-refractivity contribution in [2.24, 2.45) is 0 Å². The molecule has 1 unspecified atom stereocenters. The van der Waals surface area contributed by atoms with Gasteiger partial charge < -0.3 is 19.7 Å². The second-order valence-corrected chi connectivity index (χ2v) is 7.97. The minimum absolute atomic E-state index is 0.00305. The van der Waals surface area contributed by atoms with Crippen molar-refractivity contribution in [2.75, 3.05) is 53.0 Å². The van der Waals surface area contributed by atoms with Gasteiger partial charge in [-0.05, 0) is 38.1 Å². The SMILES string of the molecule is CCOc1ccccc1OCCCC(=O)NC(CN1CCN(C)CC1)c1ccccc1. The number of hydrogen-bond acceptors (Lipinski definition) is 5. The van der Waals surface area contributed by atoms with Crippen LogP contribution < -0.4 is 14.8 Å². The van der Waals surface area contributed by atoms with Crippen LogP contribution in [0.5, 0.6) is 11.5 Å². The van der Waals surface area contributed by atoms with Crippen LogP contribution in [0.3, 0.4) is 0 Å². The van der Waals surface area contributed by atoms with E-state index in [0.29, 0.717) is 26.1 Å². The average Bonchev–Trinajstić information content (AvgIpc) is 2.79. The molecule has 1 N–H and O–H groups in total. The van der Waals surface area contributed by atoms with Gasteiger partial charge in [-0.15, -0.1) is 0 Å². The van der Waals surface area contributed by atoms with Gasteiger partial charge in [-0.1, -0.05) is 42.5 Å². The summed E-state index contributed by atoms with van der Waals surface area (Å²) in [5, 5.41) is 3.25. The van der Waals surface area contributed by atoms with Crippen LogP contribution in [0, 0.1) is 0 Å². The Morgan fingerprint density at radius 3 is 2.29 bits per heavy atom. The zero-order valence-electron chi connectivity index (χ0n) is 18.8. The van der Waals surface area contributed by atoms with Gasteiger partial charge in [-0.2, -0.15) is 0 Å². The molecule has 1 amide bonds. The first-order valence-electron chi connectivity index (χ1n) is 11.3. The molecule has 1 saturated heterocycles. The molecule has 1 atom stereocenters. The van der Waals surface area contributed by atoms with E-state index in [9.17, 15) is 4.79 Å². The van der Waals surface area contributed by atoms with E-state index in [-0.39, 0.29) is 11.9 Å². The van der Waals surface area contributed by atoms with E-state index in [2.05, 4.69) is 34.3 Å². The van der Waals surface area contributed by atoms with Gasteiger partial charge in [-0.3, -0.25) is 9.69 Å². The molecule has 168 valence electrons. The normalized spacial score (nSPS) is 15.9. The molecule has 1 aliphatic heterocycles. The number of para-hydroxylation sites is 2. The molecular weight excluding hydrogens is 390 g/mol. The Labute approximate surface area is 186 Å². The van der Waals surface area contributed by atoms with Crippen molar-refractivity contribution in [3.05, 3.63) is 60.2 Å². The number of carbonyl (C=O) groups excluding carboxylic acids is 1. The molecule has 1 fully saturated rings. The van der Waals surface area contributed by atoms with Crippen LogP contribution in [-0.2, 0) is 4.79 Å². The molecule has 0 bridgehead atoms. The Morgan fingerprint density at radius 2 is 1.61 bits per heavy atom. The summed E-state index contributed by atoms with van der Waals surface area (Å²) < 4.78 is 11.4. The van der Waals surface area contributed by atoms with E-state index in [4.69, 9.17) is 9.47 Å². The van der Waals surface area contributed by atoms with Gasteiger partial charge >= 0.3 is 0 Å². The van der Waals surface area contributed by atoms with Gasteiger partial charge in [0.15, 0.2) is 11.5 Å². The van der Waals surface area contributed by atoms with Gasteiger partial charge in [0, 0.05) is 39.1 Å². The van der Waals surface area contributed by atoms with Crippen LogP contribution in [0.1, 0.15) is 31.4 Å². The van der Waals surface area contributed by atoms with E-state index < -0.39 is 0 Å². The summed E-state index contributed by atoms with van der Waals surface area (Å²) in [6, 6.07) is 17.9. The number of ether oxygens (including phenoxy) is 2. The maximum Gasteiger partial charge on any atom is 0.220 e. The lowest BCUT2D eigenvalue weighted by molar-refractivity contribution is -0.122. The topological polar surface area (TPSA) is 54.0 Å². The predicted molar refractivity (Wildman–Crippen MR) is 124 cm³/mol. The summed E-state index contributed by atoms with van der Waals surface area (Å²) in [5.74, 6) is 1.53. The summed E-state index contributed by atoms with van der Waals surface area (Å²) >= 11 is 0. The molecule has 2 aromatic carbocycles. The average molecular weight is 426 g/mol. The molecule has 0 aromatic heterocycles. The van der Waals surface area contributed by atoms with E-state index >= 15 is 0 Å². The Bertz CT molecular complexity index is 792. The molecule has 1 heterocycles. The summed E-state index contributed by atoms with van der Waals surface area (Å²) in [7, 11) is 2.16. The standard InChI is InChI=1S/C25H35N3O3/c1-3-30-23-12-7-8-13-24(23)31-19-9-14-25(29)26-22(21-10-5-4-6-11-21)20-28-17-15-27(2)16-18-28/h4-8,10-13,22H,3,9,14-20H2,1-2H3,(H,26,29). The molecule has 6 nitrogen and oxygen atoms in total. The lowest BCUT2D eigenvalue weighted by atomic mass is 10.1. The van der Waals surface area contributed by atoms with Crippen molar-refractivity contribution in [1.29, 1.82) is 0 Å². The number of hydrogen-bond donors (Lipinski definition) is 1. The van der Waals surface area contributed by atoms with E-state index in [1.54, 1.807) is 0 Å². The summed E-state index contributed by atoms with van der Waals surface area (Å²) in [5.41, 5.74) is 1.15. The largest absolute Gasteiger partial charge is 0.490 e. The number of carbonyl (C=O) groups is 1. The number of likely N-dealkylation sites (N-methyl/N-ethyl adjacent to an activating group) is 1. The Balaban J connectivity index is 1.48. The molecule has 31 heavy (non-hydrogen) atoms. The van der Waals surface area contributed by atoms with Crippen molar-refractivity contribution < 1.29 is 14.3 Å². The summed E-state index contributed by atoms with van der Waals surface area (Å²) in [6.45, 7) is 8.05. The maximum atomic E-state index is 12.7. The molecule has 0 spiro atoms. The monoisotopic (exact) mass is 425 g/mol. The van der Waals surface area contributed by atoms with Gasteiger partial charge in [0.2, 0.25) is 5.91 Å². The number of amides is 1. The van der Waals surface area contributed by atoms with E-state index in [1.807, 2.05) is 49.4 Å². The van der Waals surface area contributed by atoms with Crippen LogP contribution in [-0.4, -0.2) is 68.7 Å². The van der Waals surface area contributed by atoms with Crippen molar-refractivity contribution >= 4 is 5.91 Å². The minimum Gasteiger partial charge on any atom is -0.490 e. The third-order valence-corrected chi connectivity index (χ3v) is 5.53. The Kier molecular flexibility index (Phi) is 9.18. The van der Waals surface area contributed by atoms with Gasteiger partial charge in [0.25, 0.3) is 0 Å². The second kappa shape index (κ2) is 12.3. The second-order valence-electron chi connectivity index (χ2n) is 7.97. The number of nitrogens with zero attached hydrogens (tertiary/aromatic N) is 2. The number of nitrogens with one attached hydrogen (secondary N) is 1. The quantitative estimate of drug-likeness (QED) is 0.560. The highest BCUT2D eigenvalue weighted by atomic mass is 16.5. The van der Waals surface area contributed by atoms with Crippen LogP contribution in [0.15, 0.2) is 54.6 Å². The zero-order chi connectivity index (χ0) is 21.9. The molecule has 2 aromatic rings. The fraction of sp³-hybridized carbons (Fsp3) is 0.480. The van der Waals surface area contributed by atoms with Gasteiger partial charge in [0.05, 0.1) is 19.3 Å². The lowest BCUT2D eigenvalue weighted by Gasteiger charge is -2.35. The third-order valence-electron chi connectivity index (χ3n) is 5.53. The molecule has 1 aliphatic rings. The zero-order valence-corrected chi connectivity index (χ0v) is 18.8. The van der Waals surface area contributed by atoms with Crippen molar-refractivity contribution in [3.63, 3.8) is 0 Å². The predicted octanol–water partition coefficient (Wildman–Crippen LogP) is 3.35. The smallest absolute Gasteiger partial charge is 0.220 e. The first-order valence-corrected chi connectivity index (χ1v) is 11.3. The number of benzene rings is 2. The van der Waals surface area contributed by atoms with Crippen LogP contribution in [0.25, 0.3) is 0 Å². The molecule has 0 aliphatic carbocycles. The molecule has 0 radical (unpaired) electrons. The fourth-order valence-electron chi connectivity index (χ4n) is 3.73. The summed E-state index contributed by atoms with van der Waals surface area (Å²) in [6.07, 6.45) is 1.09. The number of rotatable bonds is 11. The highest BCUT2D eigenvalue weighted by molar-refractivity contribution is 5.76. The highest BCUT2D eigenvalue weighted by Crippen LogP contribution is 2.26. The van der Waals surface area contributed by atoms with Crippen molar-refractivity contribution in [3.8, 4) is 11.5 Å². The third kappa shape index (κ3) is 7.56. The van der Waals surface area contributed by atoms with E-state index in [1.165, 1.54) is 0 Å². The first kappa shape index (κ1) is 23.1. The maximum absolute atomic E-state index is 12.7. The molecule has 6 heteroatoms. The van der Waals surface area contributed by atoms with Gasteiger partial charge in [0.1, 0.15) is 0 Å². The molecule has 3 rings (SSSR count). The van der Waals surface area contributed by atoms with E-state index in [0.717, 1.165) is 49.8 Å². The van der Waals surface area contributed by atoms with Crippen molar-refractivity contribution in [2.45, 2.75) is 25.8 Å². The van der Waals surface area contributed by atoms with Crippen LogP contribution in [0.2, 0.25) is 0 Å². The molecule has 0 saturated carbocycles. The van der Waals surface area contributed by atoms with Crippen LogP contribution >= 0.6 is 0 Å².